The summed E-state index contributed by atoms with van der Waals surface area (Å²) in [7, 11) is -3.11. The van der Waals surface area contributed by atoms with Gasteiger partial charge in [-0.3, -0.25) is 9.11 Å². The van der Waals surface area contributed by atoms with Gasteiger partial charge in [-0.05, 0) is 41.8 Å². The van der Waals surface area contributed by atoms with Gasteiger partial charge in [-0.2, -0.15) is 4.83 Å². The van der Waals surface area contributed by atoms with Crippen LogP contribution in [0.5, 0.6) is 17.2 Å². The second-order valence-corrected chi connectivity index (χ2v) is 6.97. The fourth-order valence-corrected chi connectivity index (χ4v) is 3.62. The molecule has 0 saturated heterocycles. The van der Waals surface area contributed by atoms with Crippen LogP contribution in [0.15, 0.2) is 47.4 Å². The Morgan fingerprint density at radius 1 is 1.09 bits per heavy atom. The number of ether oxygens (including phenoxy) is 1. The summed E-state index contributed by atoms with van der Waals surface area (Å²) in [5, 5.41) is 9.28. The van der Waals surface area contributed by atoms with Crippen molar-refractivity contribution in [3.05, 3.63) is 48.0 Å². The van der Waals surface area contributed by atoms with Gasteiger partial charge in [0.2, 0.25) is 0 Å². The first-order valence-corrected chi connectivity index (χ1v) is 8.39. The number of rotatable bonds is 2. The molecule has 2 aromatic carbocycles. The van der Waals surface area contributed by atoms with Crippen LogP contribution in [0, 0.1) is 0 Å². The van der Waals surface area contributed by atoms with Crippen molar-refractivity contribution < 1.29 is 18.9 Å². The van der Waals surface area contributed by atoms with E-state index in [1.165, 1.54) is 12.1 Å². The first kappa shape index (κ1) is 15.1. The normalized spacial score (nSPS) is 21.5. The van der Waals surface area contributed by atoms with Crippen molar-refractivity contribution in [1.82, 2.24) is 10.3 Å². The van der Waals surface area contributed by atoms with E-state index in [0.29, 0.717) is 22.9 Å². The van der Waals surface area contributed by atoms with Crippen LogP contribution in [0.1, 0.15) is 18.4 Å². The molecule has 2 aromatic rings. The molecule has 1 unspecified atom stereocenters. The van der Waals surface area contributed by atoms with Crippen molar-refractivity contribution >= 4 is 10.8 Å². The van der Waals surface area contributed by atoms with Crippen LogP contribution in [-0.2, 0) is 0 Å². The van der Waals surface area contributed by atoms with Gasteiger partial charge in [0.05, 0.1) is 4.90 Å². The molecule has 1 heterocycles. The van der Waals surface area contributed by atoms with Gasteiger partial charge in [0.25, 0.3) is 0 Å². The molecule has 0 bridgehead atoms. The van der Waals surface area contributed by atoms with Gasteiger partial charge in [-0.25, -0.2) is 5.43 Å². The Labute approximate surface area is 130 Å². The Balaban J connectivity index is 1.95. The zero-order valence-electron chi connectivity index (χ0n) is 12.0. The summed E-state index contributed by atoms with van der Waals surface area (Å²) in [4.78, 5) is 2.99. The molecule has 0 saturated carbocycles. The summed E-state index contributed by atoms with van der Waals surface area (Å²) in [5.41, 5.74) is 3.70. The Morgan fingerprint density at radius 3 is 2.50 bits per heavy atom. The zero-order valence-corrected chi connectivity index (χ0v) is 12.8. The van der Waals surface area contributed by atoms with E-state index < -0.39 is 10.8 Å². The lowest BCUT2D eigenvalue weighted by Gasteiger charge is -2.32. The third-order valence-corrected chi connectivity index (χ3v) is 4.91. The molecular formula is C15H18N2O4S. The first-order chi connectivity index (χ1) is 10.5. The molecule has 0 amide bonds. The molecule has 3 rings (SSSR count). The van der Waals surface area contributed by atoms with Crippen LogP contribution in [0.4, 0.5) is 0 Å². The molecule has 6 nitrogen and oxygen atoms in total. The highest BCUT2D eigenvalue weighted by molar-refractivity contribution is 8.22. The lowest BCUT2D eigenvalue weighted by molar-refractivity contribution is 0.453. The van der Waals surface area contributed by atoms with E-state index in [1.54, 1.807) is 24.3 Å². The molecule has 1 aliphatic rings. The van der Waals surface area contributed by atoms with E-state index in [0.717, 1.165) is 5.56 Å². The number of benzene rings is 2. The highest BCUT2D eigenvalue weighted by Crippen LogP contribution is 2.49. The van der Waals surface area contributed by atoms with Crippen molar-refractivity contribution in [1.29, 1.82) is 0 Å². The Morgan fingerprint density at radius 2 is 1.77 bits per heavy atom. The minimum atomic E-state index is -3.11. The second-order valence-electron chi connectivity index (χ2n) is 5.23. The number of hydrogen-bond acceptors (Lipinski definition) is 6. The molecule has 118 valence electrons. The molecule has 0 fully saturated rings. The maximum atomic E-state index is 10.2. The first-order valence-electron chi connectivity index (χ1n) is 6.84. The van der Waals surface area contributed by atoms with Gasteiger partial charge < -0.3 is 9.84 Å². The molecule has 0 aromatic heterocycles. The van der Waals surface area contributed by atoms with E-state index in [-0.39, 0.29) is 11.7 Å². The quantitative estimate of drug-likeness (QED) is 0.582. The maximum absolute atomic E-state index is 10.2. The predicted octanol–water partition coefficient (Wildman–Crippen LogP) is 3.42. The number of nitrogens with one attached hydrogen (secondary N) is 2. The lowest BCUT2D eigenvalue weighted by Crippen LogP contribution is -2.34. The molecule has 0 spiro atoms. The highest BCUT2D eigenvalue weighted by atomic mass is 32.3. The molecule has 1 aliphatic heterocycles. The van der Waals surface area contributed by atoms with Gasteiger partial charge in [0.15, 0.2) is 0 Å². The van der Waals surface area contributed by atoms with E-state index >= 15 is 0 Å². The summed E-state index contributed by atoms with van der Waals surface area (Å²) in [6.07, 6.45) is 0. The zero-order chi connectivity index (χ0) is 15.7. The van der Waals surface area contributed by atoms with Gasteiger partial charge in [0, 0.05) is 12.6 Å². The molecule has 22 heavy (non-hydrogen) atoms. The predicted molar refractivity (Wildman–Crippen MR) is 85.3 cm³/mol. The fraction of sp³-hybridized carbons (Fsp3) is 0.200. The SMILES string of the molecule is CC1CNNS(O)(O)c2cc(Oc3ccc(O)cc3)ccc21. The summed E-state index contributed by atoms with van der Waals surface area (Å²) in [5.74, 6) is 1.36. The Hall–Kier alpha value is -1.77. The maximum Gasteiger partial charge on any atom is 0.129 e. The lowest BCUT2D eigenvalue weighted by atomic mass is 10.0. The highest BCUT2D eigenvalue weighted by Gasteiger charge is 2.26. The van der Waals surface area contributed by atoms with E-state index in [2.05, 4.69) is 10.3 Å². The van der Waals surface area contributed by atoms with Crippen LogP contribution in [-0.4, -0.2) is 20.8 Å². The Bertz CT molecular complexity index is 676. The average Bonchev–Trinajstić information content (AvgIpc) is 2.59. The van der Waals surface area contributed by atoms with Gasteiger partial charge >= 0.3 is 0 Å². The third-order valence-electron chi connectivity index (χ3n) is 3.52. The van der Waals surface area contributed by atoms with E-state index in [1.807, 2.05) is 13.0 Å². The van der Waals surface area contributed by atoms with Crippen LogP contribution in [0.25, 0.3) is 0 Å². The molecule has 1 atom stereocenters. The topological polar surface area (TPSA) is 94.0 Å². The fourth-order valence-electron chi connectivity index (χ4n) is 2.34. The summed E-state index contributed by atoms with van der Waals surface area (Å²) in [6.45, 7) is 2.61. The van der Waals surface area contributed by atoms with Gasteiger partial charge in [0.1, 0.15) is 17.2 Å². The van der Waals surface area contributed by atoms with Crippen LogP contribution < -0.4 is 15.0 Å². The van der Waals surface area contributed by atoms with Crippen molar-refractivity contribution in [2.45, 2.75) is 17.7 Å². The van der Waals surface area contributed by atoms with Gasteiger partial charge in [-0.15, -0.1) is 0 Å². The monoisotopic (exact) mass is 322 g/mol. The summed E-state index contributed by atoms with van der Waals surface area (Å²) < 4.78 is 26.2. The molecular weight excluding hydrogens is 304 g/mol. The Kier molecular flexibility index (Phi) is 3.98. The third kappa shape index (κ3) is 3.03. The average molecular weight is 322 g/mol. The minimum absolute atomic E-state index is 0.138. The number of hydrogen-bond donors (Lipinski definition) is 5. The van der Waals surface area contributed by atoms with Crippen LogP contribution in [0.3, 0.4) is 0 Å². The molecule has 5 N–H and O–H groups in total. The minimum Gasteiger partial charge on any atom is -0.508 e. The van der Waals surface area contributed by atoms with E-state index in [4.69, 9.17) is 4.74 Å². The molecule has 0 aliphatic carbocycles. The van der Waals surface area contributed by atoms with Crippen molar-refractivity contribution in [3.63, 3.8) is 0 Å². The summed E-state index contributed by atoms with van der Waals surface area (Å²) >= 11 is 0. The van der Waals surface area contributed by atoms with Crippen LogP contribution in [0.2, 0.25) is 0 Å². The van der Waals surface area contributed by atoms with Crippen molar-refractivity contribution in [2.24, 2.45) is 0 Å². The van der Waals surface area contributed by atoms with Crippen LogP contribution >= 0.6 is 10.8 Å². The largest absolute Gasteiger partial charge is 0.508 e. The number of fused-ring (bicyclic) bond motifs is 1. The van der Waals surface area contributed by atoms with E-state index in [9.17, 15) is 14.2 Å². The van der Waals surface area contributed by atoms with Gasteiger partial charge in [-0.1, -0.05) is 23.8 Å². The number of phenolic OH excluding ortho intramolecular Hbond substituents is 1. The number of hydrazine groups is 1. The standard InChI is InChI=1S/C15H18N2O4S/c1-10-9-16-17-22(19,20)15-8-13(6-7-14(10)15)21-12-4-2-11(18)3-5-12/h2-8,10,16-20H,9H2,1H3. The van der Waals surface area contributed by atoms with Crippen molar-refractivity contribution in [2.75, 3.05) is 6.54 Å². The number of phenols is 1. The molecule has 7 heteroatoms. The number of aromatic hydroxyl groups is 1. The van der Waals surface area contributed by atoms with Crippen molar-refractivity contribution in [3.8, 4) is 17.2 Å². The summed E-state index contributed by atoms with van der Waals surface area (Å²) in [6, 6.07) is 11.6. The molecule has 0 radical (unpaired) electrons. The second kappa shape index (κ2) is 5.79. The smallest absolute Gasteiger partial charge is 0.129 e.